The summed E-state index contributed by atoms with van der Waals surface area (Å²) in [5.41, 5.74) is 2.17. The van der Waals surface area contributed by atoms with E-state index < -0.39 is 0 Å². The highest BCUT2D eigenvalue weighted by molar-refractivity contribution is 6.33. The molecule has 164 valence electrons. The number of aryl methyl sites for hydroxylation is 1. The van der Waals surface area contributed by atoms with Crippen LogP contribution in [0.25, 0.3) is 5.69 Å². The summed E-state index contributed by atoms with van der Waals surface area (Å²) in [5.74, 6) is 0.573. The number of rotatable bonds is 9. The SMILES string of the molecule is CCCCOc1ccc(CNC(=O)c2c(C)nn(-c3ccc(F)cc3)c2Cl)cc1OC. The molecule has 0 spiro atoms. The fourth-order valence-electron chi connectivity index (χ4n) is 3.05. The average molecular weight is 446 g/mol. The molecule has 1 N–H and O–H groups in total. The number of carbonyl (C=O) groups excluding carboxylic acids is 1. The third-order valence-electron chi connectivity index (χ3n) is 4.74. The molecule has 0 radical (unpaired) electrons. The Balaban J connectivity index is 1.72. The maximum atomic E-state index is 13.2. The Bertz CT molecular complexity index is 1050. The van der Waals surface area contributed by atoms with Crippen molar-refractivity contribution in [3.05, 3.63) is 70.3 Å². The molecule has 0 aliphatic rings. The van der Waals surface area contributed by atoms with Crippen LogP contribution in [0.1, 0.15) is 41.4 Å². The molecular weight excluding hydrogens is 421 g/mol. The van der Waals surface area contributed by atoms with E-state index in [2.05, 4.69) is 17.3 Å². The lowest BCUT2D eigenvalue weighted by Gasteiger charge is -2.12. The highest BCUT2D eigenvalue weighted by Crippen LogP contribution is 2.28. The Morgan fingerprint density at radius 2 is 1.94 bits per heavy atom. The number of carbonyl (C=O) groups is 1. The zero-order chi connectivity index (χ0) is 22.4. The van der Waals surface area contributed by atoms with E-state index in [9.17, 15) is 9.18 Å². The Labute approximate surface area is 185 Å². The van der Waals surface area contributed by atoms with Crippen molar-refractivity contribution in [3.63, 3.8) is 0 Å². The van der Waals surface area contributed by atoms with Crippen molar-refractivity contribution in [2.24, 2.45) is 0 Å². The van der Waals surface area contributed by atoms with Crippen LogP contribution in [0, 0.1) is 12.7 Å². The molecule has 3 rings (SSSR count). The van der Waals surface area contributed by atoms with Gasteiger partial charge in [-0.25, -0.2) is 9.07 Å². The summed E-state index contributed by atoms with van der Waals surface area (Å²) in [4.78, 5) is 12.8. The standard InChI is InChI=1S/C23H25ClFN3O3/c1-4-5-12-31-19-11-6-16(13-20(19)30-3)14-26-23(29)21-15(2)27-28(22(21)24)18-9-7-17(25)8-10-18/h6-11,13H,4-5,12,14H2,1-3H3,(H,26,29). The fourth-order valence-corrected chi connectivity index (χ4v) is 3.41. The van der Waals surface area contributed by atoms with E-state index in [4.69, 9.17) is 21.1 Å². The molecule has 0 fully saturated rings. The van der Waals surface area contributed by atoms with Gasteiger partial charge >= 0.3 is 0 Å². The lowest BCUT2D eigenvalue weighted by molar-refractivity contribution is 0.0950. The number of aromatic nitrogens is 2. The van der Waals surface area contributed by atoms with Gasteiger partial charge < -0.3 is 14.8 Å². The summed E-state index contributed by atoms with van der Waals surface area (Å²) >= 11 is 6.42. The molecule has 3 aromatic rings. The number of amides is 1. The molecule has 0 unspecified atom stereocenters. The maximum absolute atomic E-state index is 13.2. The summed E-state index contributed by atoms with van der Waals surface area (Å²) in [7, 11) is 1.58. The summed E-state index contributed by atoms with van der Waals surface area (Å²) < 4.78 is 25.7. The summed E-state index contributed by atoms with van der Waals surface area (Å²) in [5, 5.41) is 7.35. The molecule has 8 heteroatoms. The normalized spacial score (nSPS) is 10.7. The molecule has 0 aliphatic heterocycles. The Kier molecular flexibility index (Phi) is 7.52. The number of hydrogen-bond acceptors (Lipinski definition) is 4. The van der Waals surface area contributed by atoms with Crippen molar-refractivity contribution >= 4 is 17.5 Å². The van der Waals surface area contributed by atoms with E-state index >= 15 is 0 Å². The van der Waals surface area contributed by atoms with Crippen LogP contribution in [0.3, 0.4) is 0 Å². The second-order valence-electron chi connectivity index (χ2n) is 7.01. The van der Waals surface area contributed by atoms with Gasteiger partial charge in [0.1, 0.15) is 11.0 Å². The first-order chi connectivity index (χ1) is 14.9. The lowest BCUT2D eigenvalue weighted by atomic mass is 10.2. The largest absolute Gasteiger partial charge is 0.493 e. The molecule has 0 saturated heterocycles. The number of hydrogen-bond donors (Lipinski definition) is 1. The molecule has 1 heterocycles. The summed E-state index contributed by atoms with van der Waals surface area (Å²) in [6.07, 6.45) is 2.01. The highest BCUT2D eigenvalue weighted by Gasteiger charge is 2.21. The number of nitrogens with zero attached hydrogens (tertiary/aromatic N) is 2. The Morgan fingerprint density at radius 3 is 2.61 bits per heavy atom. The first kappa shape index (κ1) is 22.6. The van der Waals surface area contributed by atoms with Crippen LogP contribution in [0.15, 0.2) is 42.5 Å². The monoisotopic (exact) mass is 445 g/mol. The minimum Gasteiger partial charge on any atom is -0.493 e. The summed E-state index contributed by atoms with van der Waals surface area (Å²) in [6.45, 7) is 4.71. The van der Waals surface area contributed by atoms with Gasteiger partial charge in [-0.05, 0) is 55.3 Å². The number of halogens is 2. The Morgan fingerprint density at radius 1 is 1.19 bits per heavy atom. The van der Waals surface area contributed by atoms with E-state index in [-0.39, 0.29) is 29.0 Å². The van der Waals surface area contributed by atoms with Gasteiger partial charge in [0, 0.05) is 6.54 Å². The van der Waals surface area contributed by atoms with Gasteiger partial charge in [0.2, 0.25) is 0 Å². The maximum Gasteiger partial charge on any atom is 0.256 e. The van der Waals surface area contributed by atoms with Crippen LogP contribution >= 0.6 is 11.6 Å². The van der Waals surface area contributed by atoms with Crippen molar-refractivity contribution in [1.82, 2.24) is 15.1 Å². The van der Waals surface area contributed by atoms with Crippen LogP contribution in [0.4, 0.5) is 4.39 Å². The fraction of sp³-hybridized carbons (Fsp3) is 0.304. The molecule has 6 nitrogen and oxygen atoms in total. The van der Waals surface area contributed by atoms with E-state index in [0.717, 1.165) is 18.4 Å². The topological polar surface area (TPSA) is 65.4 Å². The van der Waals surface area contributed by atoms with E-state index in [1.165, 1.54) is 16.8 Å². The van der Waals surface area contributed by atoms with Crippen LogP contribution < -0.4 is 14.8 Å². The van der Waals surface area contributed by atoms with Crippen molar-refractivity contribution in [1.29, 1.82) is 0 Å². The van der Waals surface area contributed by atoms with E-state index in [1.54, 1.807) is 26.2 Å². The van der Waals surface area contributed by atoms with Crippen molar-refractivity contribution in [2.45, 2.75) is 33.2 Å². The molecule has 0 aliphatic carbocycles. The minimum absolute atomic E-state index is 0.166. The molecule has 0 atom stereocenters. The first-order valence-electron chi connectivity index (χ1n) is 10.0. The number of nitrogens with one attached hydrogen (secondary N) is 1. The average Bonchev–Trinajstić information content (AvgIpc) is 3.07. The molecular formula is C23H25ClFN3O3. The van der Waals surface area contributed by atoms with Gasteiger partial charge in [-0.3, -0.25) is 4.79 Å². The van der Waals surface area contributed by atoms with Gasteiger partial charge in [-0.2, -0.15) is 5.10 Å². The third-order valence-corrected chi connectivity index (χ3v) is 5.09. The molecule has 0 bridgehead atoms. The van der Waals surface area contributed by atoms with Gasteiger partial charge in [-0.15, -0.1) is 0 Å². The second kappa shape index (κ2) is 10.3. The van der Waals surface area contributed by atoms with Crippen LogP contribution in [-0.4, -0.2) is 29.4 Å². The molecule has 2 aromatic carbocycles. The lowest BCUT2D eigenvalue weighted by Crippen LogP contribution is -2.23. The van der Waals surface area contributed by atoms with Crippen molar-refractivity contribution in [2.75, 3.05) is 13.7 Å². The zero-order valence-electron chi connectivity index (χ0n) is 17.7. The van der Waals surface area contributed by atoms with Crippen LogP contribution in [0.2, 0.25) is 5.15 Å². The number of benzene rings is 2. The first-order valence-corrected chi connectivity index (χ1v) is 10.4. The van der Waals surface area contributed by atoms with Crippen molar-refractivity contribution < 1.29 is 18.7 Å². The minimum atomic E-state index is -0.362. The predicted molar refractivity (Wildman–Crippen MR) is 118 cm³/mol. The second-order valence-corrected chi connectivity index (χ2v) is 7.37. The number of unbranched alkanes of at least 4 members (excludes halogenated alkanes) is 1. The van der Waals surface area contributed by atoms with Gasteiger partial charge in [-0.1, -0.05) is 31.0 Å². The van der Waals surface area contributed by atoms with Crippen molar-refractivity contribution in [3.8, 4) is 17.2 Å². The van der Waals surface area contributed by atoms with Gasteiger partial charge in [0.15, 0.2) is 11.5 Å². The number of ether oxygens (including phenoxy) is 2. The third kappa shape index (κ3) is 5.35. The quantitative estimate of drug-likeness (QED) is 0.466. The van der Waals surface area contributed by atoms with Gasteiger partial charge in [0.25, 0.3) is 5.91 Å². The highest BCUT2D eigenvalue weighted by atomic mass is 35.5. The van der Waals surface area contributed by atoms with Crippen LogP contribution in [0.5, 0.6) is 11.5 Å². The molecule has 31 heavy (non-hydrogen) atoms. The summed E-state index contributed by atoms with van der Waals surface area (Å²) in [6, 6.07) is 11.3. The zero-order valence-corrected chi connectivity index (χ0v) is 18.5. The Hall–Kier alpha value is -3.06. The molecule has 1 amide bonds. The van der Waals surface area contributed by atoms with Gasteiger partial charge in [0.05, 0.1) is 30.7 Å². The van der Waals surface area contributed by atoms with E-state index in [1.807, 2.05) is 18.2 Å². The molecule has 1 aromatic heterocycles. The molecule has 0 saturated carbocycles. The smallest absolute Gasteiger partial charge is 0.256 e. The van der Waals surface area contributed by atoms with Crippen LogP contribution in [-0.2, 0) is 6.54 Å². The number of methoxy groups -OCH3 is 1. The van der Waals surface area contributed by atoms with E-state index in [0.29, 0.717) is 29.5 Å². The predicted octanol–water partition coefficient (Wildman–Crippen LogP) is 5.09.